The summed E-state index contributed by atoms with van der Waals surface area (Å²) in [6, 6.07) is 7.12. The molecule has 4 nitrogen and oxygen atoms in total. The van der Waals surface area contributed by atoms with E-state index in [2.05, 4.69) is 4.98 Å². The van der Waals surface area contributed by atoms with Crippen molar-refractivity contribution in [3.63, 3.8) is 0 Å². The van der Waals surface area contributed by atoms with Crippen LogP contribution < -0.4 is 5.56 Å². The number of carbonyl (C=O) groups excluding carboxylic acids is 1. The zero-order valence-corrected chi connectivity index (χ0v) is 12.4. The molecular formula is C15H14ClFN2O2. The standard InChI is InChI=1S/C15H14ClFN2O2/c1-9-3-6-12(14(20)18-9)15(21)19(2)8-10-4-5-11(17)7-13(10)16/h3-7H,8H2,1-2H3,(H,18,20). The summed E-state index contributed by atoms with van der Waals surface area (Å²) in [4.78, 5) is 28.0. The van der Waals surface area contributed by atoms with Crippen molar-refractivity contribution in [2.24, 2.45) is 0 Å². The summed E-state index contributed by atoms with van der Waals surface area (Å²) >= 11 is 5.93. The quantitative estimate of drug-likeness (QED) is 0.948. The Bertz CT molecular complexity index is 743. The number of aryl methyl sites for hydroxylation is 1. The maximum Gasteiger partial charge on any atom is 0.260 e. The number of carbonyl (C=O) groups is 1. The summed E-state index contributed by atoms with van der Waals surface area (Å²) in [6.07, 6.45) is 0. The average Bonchev–Trinajstić information content (AvgIpc) is 2.41. The highest BCUT2D eigenvalue weighted by atomic mass is 35.5. The van der Waals surface area contributed by atoms with Crippen LogP contribution in [0, 0.1) is 12.7 Å². The lowest BCUT2D eigenvalue weighted by atomic mass is 10.2. The van der Waals surface area contributed by atoms with E-state index in [-0.39, 0.29) is 17.1 Å². The Hall–Kier alpha value is -2.14. The molecule has 0 atom stereocenters. The van der Waals surface area contributed by atoms with Crippen molar-refractivity contribution in [3.05, 3.63) is 68.3 Å². The topological polar surface area (TPSA) is 53.2 Å². The molecule has 2 aromatic rings. The Labute approximate surface area is 126 Å². The molecule has 0 saturated carbocycles. The second kappa shape index (κ2) is 6.10. The molecule has 0 aliphatic rings. The number of halogens is 2. The van der Waals surface area contributed by atoms with Crippen LogP contribution in [0.1, 0.15) is 21.6 Å². The zero-order valence-electron chi connectivity index (χ0n) is 11.6. The Morgan fingerprint density at radius 3 is 2.67 bits per heavy atom. The number of nitrogens with zero attached hydrogens (tertiary/aromatic N) is 1. The number of benzene rings is 1. The van der Waals surface area contributed by atoms with E-state index >= 15 is 0 Å². The third-order valence-electron chi connectivity index (χ3n) is 3.06. The fourth-order valence-electron chi connectivity index (χ4n) is 1.92. The van der Waals surface area contributed by atoms with Gasteiger partial charge in [-0.1, -0.05) is 17.7 Å². The van der Waals surface area contributed by atoms with Gasteiger partial charge in [0.1, 0.15) is 11.4 Å². The van der Waals surface area contributed by atoms with Crippen LogP contribution in [-0.2, 0) is 6.54 Å². The van der Waals surface area contributed by atoms with E-state index in [9.17, 15) is 14.0 Å². The minimum Gasteiger partial charge on any atom is -0.337 e. The molecule has 1 aromatic heterocycles. The molecule has 0 fully saturated rings. The van der Waals surface area contributed by atoms with Gasteiger partial charge >= 0.3 is 0 Å². The molecule has 21 heavy (non-hydrogen) atoms. The Morgan fingerprint density at radius 1 is 1.33 bits per heavy atom. The van der Waals surface area contributed by atoms with Gasteiger partial charge in [0.2, 0.25) is 0 Å². The lowest BCUT2D eigenvalue weighted by Gasteiger charge is -2.17. The van der Waals surface area contributed by atoms with Gasteiger partial charge < -0.3 is 9.88 Å². The summed E-state index contributed by atoms with van der Waals surface area (Å²) in [5, 5.41) is 0.243. The highest BCUT2D eigenvalue weighted by molar-refractivity contribution is 6.31. The van der Waals surface area contributed by atoms with E-state index in [4.69, 9.17) is 11.6 Å². The number of amides is 1. The van der Waals surface area contributed by atoms with E-state index in [1.807, 2.05) is 0 Å². The first-order valence-corrected chi connectivity index (χ1v) is 6.65. The van der Waals surface area contributed by atoms with Gasteiger partial charge in [-0.25, -0.2) is 4.39 Å². The number of rotatable bonds is 3. The average molecular weight is 309 g/mol. The SMILES string of the molecule is Cc1ccc(C(=O)N(C)Cc2ccc(F)cc2Cl)c(=O)[nH]1. The monoisotopic (exact) mass is 308 g/mol. The fraction of sp³-hybridized carbons (Fsp3) is 0.200. The maximum atomic E-state index is 13.0. The van der Waals surface area contributed by atoms with Gasteiger partial charge in [0.25, 0.3) is 11.5 Å². The Kier molecular flexibility index (Phi) is 4.43. The Morgan fingerprint density at radius 2 is 2.05 bits per heavy atom. The first kappa shape index (κ1) is 15.3. The van der Waals surface area contributed by atoms with Crippen molar-refractivity contribution in [1.29, 1.82) is 0 Å². The van der Waals surface area contributed by atoms with Crippen molar-refractivity contribution in [2.45, 2.75) is 13.5 Å². The molecule has 1 N–H and O–H groups in total. The molecule has 1 amide bonds. The number of pyridine rings is 1. The maximum absolute atomic E-state index is 13.0. The lowest BCUT2D eigenvalue weighted by molar-refractivity contribution is 0.0783. The molecule has 0 radical (unpaired) electrons. The molecular weight excluding hydrogens is 295 g/mol. The number of nitrogens with one attached hydrogen (secondary N) is 1. The predicted molar refractivity (Wildman–Crippen MR) is 79.0 cm³/mol. The van der Waals surface area contributed by atoms with Gasteiger partial charge in [-0.15, -0.1) is 0 Å². The molecule has 0 unspecified atom stereocenters. The van der Waals surface area contributed by atoms with Crippen molar-refractivity contribution in [3.8, 4) is 0 Å². The zero-order chi connectivity index (χ0) is 15.6. The van der Waals surface area contributed by atoms with Gasteiger partial charge in [-0.2, -0.15) is 0 Å². The van der Waals surface area contributed by atoms with Crippen LogP contribution >= 0.6 is 11.6 Å². The highest BCUT2D eigenvalue weighted by Gasteiger charge is 2.16. The molecule has 0 spiro atoms. The predicted octanol–water partition coefficient (Wildman–Crippen LogP) is 2.75. The van der Waals surface area contributed by atoms with Crippen LogP contribution in [0.5, 0.6) is 0 Å². The minimum atomic E-state index is -0.437. The van der Waals surface area contributed by atoms with Gasteiger partial charge in [0.15, 0.2) is 0 Å². The van der Waals surface area contributed by atoms with Crippen molar-refractivity contribution >= 4 is 17.5 Å². The fourth-order valence-corrected chi connectivity index (χ4v) is 2.15. The first-order valence-electron chi connectivity index (χ1n) is 6.28. The van der Waals surface area contributed by atoms with Crippen LogP contribution in [0.4, 0.5) is 4.39 Å². The molecule has 0 saturated heterocycles. The summed E-state index contributed by atoms with van der Waals surface area (Å²) in [6.45, 7) is 1.92. The number of aromatic nitrogens is 1. The smallest absolute Gasteiger partial charge is 0.260 e. The van der Waals surface area contributed by atoms with E-state index in [0.717, 1.165) is 0 Å². The number of aromatic amines is 1. The van der Waals surface area contributed by atoms with E-state index in [1.165, 1.54) is 29.2 Å². The lowest BCUT2D eigenvalue weighted by Crippen LogP contribution is -2.31. The van der Waals surface area contributed by atoms with Crippen molar-refractivity contribution < 1.29 is 9.18 Å². The molecule has 2 rings (SSSR count). The van der Waals surface area contributed by atoms with Gasteiger partial charge in [-0.05, 0) is 36.8 Å². The van der Waals surface area contributed by atoms with Crippen LogP contribution in [0.15, 0.2) is 35.1 Å². The third kappa shape index (κ3) is 3.49. The van der Waals surface area contributed by atoms with Crippen molar-refractivity contribution in [1.82, 2.24) is 9.88 Å². The number of hydrogen-bond donors (Lipinski definition) is 1. The summed E-state index contributed by atoms with van der Waals surface area (Å²) < 4.78 is 13.0. The molecule has 0 aliphatic carbocycles. The van der Waals surface area contributed by atoms with Gasteiger partial charge in [-0.3, -0.25) is 9.59 Å². The van der Waals surface area contributed by atoms with Crippen LogP contribution in [0.2, 0.25) is 5.02 Å². The molecule has 1 aromatic carbocycles. The van der Waals surface area contributed by atoms with Gasteiger partial charge in [0, 0.05) is 24.3 Å². The van der Waals surface area contributed by atoms with E-state index in [0.29, 0.717) is 11.3 Å². The Balaban J connectivity index is 2.21. The third-order valence-corrected chi connectivity index (χ3v) is 3.41. The van der Waals surface area contributed by atoms with E-state index < -0.39 is 17.3 Å². The molecule has 0 aliphatic heterocycles. The molecule has 0 bridgehead atoms. The summed E-state index contributed by atoms with van der Waals surface area (Å²) in [5.74, 6) is -0.857. The van der Waals surface area contributed by atoms with Crippen molar-refractivity contribution in [2.75, 3.05) is 7.05 Å². The second-order valence-corrected chi connectivity index (χ2v) is 5.19. The van der Waals surface area contributed by atoms with Gasteiger partial charge in [0.05, 0.1) is 0 Å². The molecule has 110 valence electrons. The number of H-pyrrole nitrogens is 1. The highest BCUT2D eigenvalue weighted by Crippen LogP contribution is 2.19. The second-order valence-electron chi connectivity index (χ2n) is 4.78. The summed E-state index contributed by atoms with van der Waals surface area (Å²) in [7, 11) is 1.56. The molecule has 1 heterocycles. The molecule has 6 heteroatoms. The normalized spacial score (nSPS) is 10.5. The summed E-state index contributed by atoms with van der Waals surface area (Å²) in [5.41, 5.74) is 0.914. The first-order chi connectivity index (χ1) is 9.88. The van der Waals surface area contributed by atoms with Crippen LogP contribution in [-0.4, -0.2) is 22.8 Å². The largest absolute Gasteiger partial charge is 0.337 e. The minimum absolute atomic E-state index is 0.0568. The van der Waals surface area contributed by atoms with Crippen LogP contribution in [0.3, 0.4) is 0 Å². The number of hydrogen-bond acceptors (Lipinski definition) is 2. The van der Waals surface area contributed by atoms with E-state index in [1.54, 1.807) is 20.0 Å². The van der Waals surface area contributed by atoms with Crippen LogP contribution in [0.25, 0.3) is 0 Å².